The van der Waals surface area contributed by atoms with E-state index in [2.05, 4.69) is 22.1 Å². The molecule has 0 bridgehead atoms. The SMILES string of the molecule is CNC(=O)C1CCCN1C(C)c1nc(CCl)cs1. The highest BCUT2D eigenvalue weighted by atomic mass is 35.5. The van der Waals surface area contributed by atoms with E-state index in [9.17, 15) is 4.79 Å². The largest absolute Gasteiger partial charge is 0.358 e. The summed E-state index contributed by atoms with van der Waals surface area (Å²) in [7, 11) is 1.69. The zero-order valence-corrected chi connectivity index (χ0v) is 12.2. The number of alkyl halides is 1. The fraction of sp³-hybridized carbons (Fsp3) is 0.667. The van der Waals surface area contributed by atoms with Crippen LogP contribution in [0.5, 0.6) is 0 Å². The molecule has 100 valence electrons. The van der Waals surface area contributed by atoms with Gasteiger partial charge < -0.3 is 5.32 Å². The van der Waals surface area contributed by atoms with Gasteiger partial charge in [-0.25, -0.2) is 4.98 Å². The summed E-state index contributed by atoms with van der Waals surface area (Å²) in [5.74, 6) is 0.552. The molecule has 2 unspecified atom stereocenters. The van der Waals surface area contributed by atoms with Crippen molar-refractivity contribution in [3.8, 4) is 0 Å². The smallest absolute Gasteiger partial charge is 0.237 e. The average molecular weight is 288 g/mol. The van der Waals surface area contributed by atoms with Crippen molar-refractivity contribution < 1.29 is 4.79 Å². The van der Waals surface area contributed by atoms with Crippen molar-refractivity contribution in [2.24, 2.45) is 0 Å². The van der Waals surface area contributed by atoms with Gasteiger partial charge in [-0.3, -0.25) is 9.69 Å². The highest BCUT2D eigenvalue weighted by Gasteiger charge is 2.34. The highest BCUT2D eigenvalue weighted by Crippen LogP contribution is 2.31. The number of halogens is 1. The number of carbonyl (C=O) groups excluding carboxylic acids is 1. The van der Waals surface area contributed by atoms with Crippen molar-refractivity contribution >= 4 is 28.8 Å². The van der Waals surface area contributed by atoms with Gasteiger partial charge in [-0.15, -0.1) is 22.9 Å². The van der Waals surface area contributed by atoms with Crippen molar-refractivity contribution in [1.29, 1.82) is 0 Å². The van der Waals surface area contributed by atoms with Crippen LogP contribution in [0.3, 0.4) is 0 Å². The molecule has 0 saturated carbocycles. The van der Waals surface area contributed by atoms with Crippen molar-refractivity contribution in [3.05, 3.63) is 16.1 Å². The average Bonchev–Trinajstić information content (AvgIpc) is 3.05. The normalized spacial score (nSPS) is 22.1. The Morgan fingerprint density at radius 1 is 1.78 bits per heavy atom. The van der Waals surface area contributed by atoms with E-state index in [1.807, 2.05) is 5.38 Å². The molecule has 2 heterocycles. The summed E-state index contributed by atoms with van der Waals surface area (Å²) in [6.07, 6.45) is 1.99. The van der Waals surface area contributed by atoms with Gasteiger partial charge in [0.15, 0.2) is 0 Å². The van der Waals surface area contributed by atoms with Crippen LogP contribution in [0.25, 0.3) is 0 Å². The first-order valence-electron chi connectivity index (χ1n) is 6.15. The number of likely N-dealkylation sites (tertiary alicyclic amines) is 1. The third-order valence-electron chi connectivity index (χ3n) is 3.40. The molecule has 1 aliphatic rings. The maximum atomic E-state index is 11.8. The van der Waals surface area contributed by atoms with Crippen LogP contribution < -0.4 is 5.32 Å². The first-order chi connectivity index (χ1) is 8.67. The van der Waals surface area contributed by atoms with Crippen LogP contribution in [0, 0.1) is 0 Å². The molecule has 1 N–H and O–H groups in total. The molecular weight excluding hydrogens is 270 g/mol. The number of hydrogen-bond acceptors (Lipinski definition) is 4. The highest BCUT2D eigenvalue weighted by molar-refractivity contribution is 7.09. The van der Waals surface area contributed by atoms with Gasteiger partial charge in [-0.2, -0.15) is 0 Å². The lowest BCUT2D eigenvalue weighted by Crippen LogP contribution is -2.42. The van der Waals surface area contributed by atoms with E-state index >= 15 is 0 Å². The Kier molecular flexibility index (Phi) is 4.59. The number of hydrogen-bond donors (Lipinski definition) is 1. The van der Waals surface area contributed by atoms with Crippen LogP contribution in [0.2, 0.25) is 0 Å². The number of carbonyl (C=O) groups is 1. The number of amides is 1. The summed E-state index contributed by atoms with van der Waals surface area (Å²) in [4.78, 5) is 18.6. The molecule has 1 aromatic rings. The first kappa shape index (κ1) is 13.8. The monoisotopic (exact) mass is 287 g/mol. The molecule has 2 rings (SSSR count). The summed E-state index contributed by atoms with van der Waals surface area (Å²) >= 11 is 7.39. The predicted octanol–water partition coefficient (Wildman–Crippen LogP) is 2.15. The summed E-state index contributed by atoms with van der Waals surface area (Å²) in [6, 6.07) is 0.158. The molecule has 6 heteroatoms. The van der Waals surface area contributed by atoms with Crippen molar-refractivity contribution in [1.82, 2.24) is 15.2 Å². The van der Waals surface area contributed by atoms with Gasteiger partial charge in [-0.05, 0) is 26.3 Å². The van der Waals surface area contributed by atoms with Crippen molar-refractivity contribution in [3.63, 3.8) is 0 Å². The van der Waals surface area contributed by atoms with Crippen LogP contribution in [-0.4, -0.2) is 35.4 Å². The van der Waals surface area contributed by atoms with Crippen LogP contribution in [0.1, 0.15) is 36.5 Å². The van der Waals surface area contributed by atoms with E-state index in [-0.39, 0.29) is 18.0 Å². The van der Waals surface area contributed by atoms with Gasteiger partial charge in [0.2, 0.25) is 5.91 Å². The minimum atomic E-state index is -0.0200. The zero-order chi connectivity index (χ0) is 13.1. The third kappa shape index (κ3) is 2.68. The summed E-state index contributed by atoms with van der Waals surface area (Å²) in [5.41, 5.74) is 0.916. The standard InChI is InChI=1S/C12H18ClN3OS/c1-8(12-15-9(6-13)7-18-12)16-5-3-4-10(16)11(17)14-2/h7-8,10H,3-6H2,1-2H3,(H,14,17). The molecule has 4 nitrogen and oxygen atoms in total. The maximum Gasteiger partial charge on any atom is 0.237 e. The molecular formula is C12H18ClN3OS. The van der Waals surface area contributed by atoms with Crippen LogP contribution in [-0.2, 0) is 10.7 Å². The molecule has 1 saturated heterocycles. The molecule has 0 aliphatic carbocycles. The van der Waals surface area contributed by atoms with Crippen LogP contribution in [0.4, 0.5) is 0 Å². The Bertz CT molecular complexity index is 423. The number of thiazole rings is 1. The van der Waals surface area contributed by atoms with E-state index in [0.717, 1.165) is 30.1 Å². The zero-order valence-electron chi connectivity index (χ0n) is 10.6. The lowest BCUT2D eigenvalue weighted by molar-refractivity contribution is -0.125. The summed E-state index contributed by atoms with van der Waals surface area (Å²) in [6.45, 7) is 3.06. The second-order valence-electron chi connectivity index (χ2n) is 4.50. The topological polar surface area (TPSA) is 45.2 Å². The fourth-order valence-electron chi connectivity index (χ4n) is 2.42. The Labute approximate surface area is 116 Å². The minimum Gasteiger partial charge on any atom is -0.358 e. The number of nitrogens with zero attached hydrogens (tertiary/aromatic N) is 2. The molecule has 1 fully saturated rings. The fourth-order valence-corrected chi connectivity index (χ4v) is 3.54. The van der Waals surface area contributed by atoms with Gasteiger partial charge in [0, 0.05) is 12.4 Å². The summed E-state index contributed by atoms with van der Waals surface area (Å²) < 4.78 is 0. The Morgan fingerprint density at radius 2 is 2.56 bits per heavy atom. The Morgan fingerprint density at radius 3 is 3.17 bits per heavy atom. The van der Waals surface area contributed by atoms with E-state index in [4.69, 9.17) is 11.6 Å². The van der Waals surface area contributed by atoms with Crippen molar-refractivity contribution in [2.45, 2.75) is 37.7 Å². The molecule has 2 atom stereocenters. The molecule has 1 amide bonds. The molecule has 1 aromatic heterocycles. The third-order valence-corrected chi connectivity index (χ3v) is 4.74. The second kappa shape index (κ2) is 5.99. The van der Waals surface area contributed by atoms with Gasteiger partial charge in [0.25, 0.3) is 0 Å². The molecule has 18 heavy (non-hydrogen) atoms. The van der Waals surface area contributed by atoms with Crippen LogP contribution >= 0.6 is 22.9 Å². The number of aromatic nitrogens is 1. The Balaban J connectivity index is 2.12. The molecule has 0 aromatic carbocycles. The minimum absolute atomic E-state index is 0.0200. The van der Waals surface area contributed by atoms with Gasteiger partial charge in [-0.1, -0.05) is 0 Å². The van der Waals surface area contributed by atoms with E-state index < -0.39 is 0 Å². The first-order valence-corrected chi connectivity index (χ1v) is 7.56. The van der Waals surface area contributed by atoms with E-state index in [1.165, 1.54) is 0 Å². The Hall–Kier alpha value is -0.650. The predicted molar refractivity (Wildman–Crippen MR) is 73.9 cm³/mol. The quantitative estimate of drug-likeness (QED) is 0.863. The van der Waals surface area contributed by atoms with Gasteiger partial charge in [0.1, 0.15) is 5.01 Å². The maximum absolute atomic E-state index is 11.8. The number of rotatable bonds is 4. The van der Waals surface area contributed by atoms with E-state index in [1.54, 1.807) is 18.4 Å². The van der Waals surface area contributed by atoms with Crippen molar-refractivity contribution in [2.75, 3.05) is 13.6 Å². The van der Waals surface area contributed by atoms with Gasteiger partial charge in [0.05, 0.1) is 23.7 Å². The molecule has 0 radical (unpaired) electrons. The van der Waals surface area contributed by atoms with E-state index in [0.29, 0.717) is 5.88 Å². The number of nitrogens with one attached hydrogen (secondary N) is 1. The number of likely N-dealkylation sites (N-methyl/N-ethyl adjacent to an activating group) is 1. The summed E-state index contributed by atoms with van der Waals surface area (Å²) in [5, 5.41) is 5.77. The second-order valence-corrected chi connectivity index (χ2v) is 5.65. The van der Waals surface area contributed by atoms with Crippen LogP contribution in [0.15, 0.2) is 5.38 Å². The molecule has 0 spiro atoms. The lowest BCUT2D eigenvalue weighted by atomic mass is 10.2. The molecule has 1 aliphatic heterocycles. The lowest BCUT2D eigenvalue weighted by Gasteiger charge is -2.28. The van der Waals surface area contributed by atoms with Gasteiger partial charge >= 0.3 is 0 Å².